The van der Waals surface area contributed by atoms with Crippen LogP contribution in [0.4, 0.5) is 14.9 Å². The summed E-state index contributed by atoms with van der Waals surface area (Å²) in [5.74, 6) is -2.43. The minimum atomic E-state index is -1.22. The predicted octanol–water partition coefficient (Wildman–Crippen LogP) is 0.599. The van der Waals surface area contributed by atoms with Crippen molar-refractivity contribution in [3.63, 3.8) is 0 Å². The first-order valence-corrected chi connectivity index (χ1v) is 5.53. The third-order valence-corrected chi connectivity index (χ3v) is 2.22. The molecule has 1 aromatic rings. The lowest BCUT2D eigenvalue weighted by Gasteiger charge is -2.17. The van der Waals surface area contributed by atoms with Gasteiger partial charge in [-0.05, 0) is 24.3 Å². The van der Waals surface area contributed by atoms with Crippen molar-refractivity contribution in [2.24, 2.45) is 0 Å². The molecule has 0 aliphatic heterocycles. The van der Waals surface area contributed by atoms with Crippen LogP contribution >= 0.6 is 0 Å². The van der Waals surface area contributed by atoms with Crippen molar-refractivity contribution in [1.82, 2.24) is 5.32 Å². The van der Waals surface area contributed by atoms with Crippen LogP contribution in [0.1, 0.15) is 0 Å². The first kappa shape index (κ1) is 15.6. The number of benzene rings is 1. The number of carbonyl (C=O) groups excluding carboxylic acids is 2. The minimum absolute atomic E-state index is 0.392. The Hall–Kier alpha value is -2.48. The molecule has 1 aromatic carbocycles. The van der Waals surface area contributed by atoms with Crippen LogP contribution in [-0.4, -0.2) is 43.3 Å². The molecule has 0 radical (unpaired) electrons. The second kappa shape index (κ2) is 7.19. The summed E-state index contributed by atoms with van der Waals surface area (Å²) in [5.41, 5.74) is 0.392. The van der Waals surface area contributed by atoms with E-state index in [1.54, 1.807) is 0 Å². The number of nitrogens with one attached hydrogen (secondary N) is 1. The van der Waals surface area contributed by atoms with Crippen LogP contribution in [0, 0.1) is 5.82 Å². The Morgan fingerprint density at radius 2 is 1.85 bits per heavy atom. The number of urea groups is 1. The third kappa shape index (κ3) is 5.02. The molecule has 0 atom stereocenters. The minimum Gasteiger partial charge on any atom is -0.480 e. The summed E-state index contributed by atoms with van der Waals surface area (Å²) in [5, 5.41) is 10.3. The zero-order valence-corrected chi connectivity index (χ0v) is 10.6. The van der Waals surface area contributed by atoms with Gasteiger partial charge < -0.3 is 9.84 Å². The van der Waals surface area contributed by atoms with Gasteiger partial charge in [-0.15, -0.1) is 0 Å². The van der Waals surface area contributed by atoms with Crippen LogP contribution < -0.4 is 10.2 Å². The number of carbonyl (C=O) groups is 3. The molecule has 0 aliphatic carbocycles. The Kier molecular flexibility index (Phi) is 5.60. The topological polar surface area (TPSA) is 95.9 Å². The van der Waals surface area contributed by atoms with Crippen LogP contribution in [0.2, 0.25) is 0 Å². The zero-order chi connectivity index (χ0) is 15.1. The van der Waals surface area contributed by atoms with Crippen molar-refractivity contribution in [3.8, 4) is 0 Å². The molecule has 8 heteroatoms. The first-order valence-electron chi connectivity index (χ1n) is 5.53. The number of rotatable bonds is 5. The van der Waals surface area contributed by atoms with Crippen LogP contribution in [-0.2, 0) is 14.3 Å². The van der Waals surface area contributed by atoms with E-state index < -0.39 is 36.9 Å². The Bertz CT molecular complexity index is 503. The first-order chi connectivity index (χ1) is 9.40. The summed E-state index contributed by atoms with van der Waals surface area (Å²) in [6, 6.07) is 4.37. The van der Waals surface area contributed by atoms with Crippen LogP contribution in [0.3, 0.4) is 0 Å². The largest absolute Gasteiger partial charge is 0.480 e. The highest BCUT2D eigenvalue weighted by Crippen LogP contribution is 2.12. The van der Waals surface area contributed by atoms with Gasteiger partial charge in [-0.2, -0.15) is 0 Å². The van der Waals surface area contributed by atoms with Crippen molar-refractivity contribution >= 4 is 23.6 Å². The van der Waals surface area contributed by atoms with Crippen molar-refractivity contribution in [3.05, 3.63) is 30.1 Å². The standard InChI is InChI=1S/C12H13FN2O5/c1-15(9-4-2-8(13)3-5-9)12(19)14-10(16)6-20-7-11(17)18/h2-5H,6-7H2,1H3,(H,17,18)(H,14,16,19). The highest BCUT2D eigenvalue weighted by molar-refractivity contribution is 6.02. The number of carboxylic acids is 1. The Balaban J connectivity index is 2.47. The predicted molar refractivity (Wildman–Crippen MR) is 66.8 cm³/mol. The number of hydrogen-bond acceptors (Lipinski definition) is 4. The normalized spacial score (nSPS) is 9.90. The second-order valence-electron chi connectivity index (χ2n) is 3.78. The van der Waals surface area contributed by atoms with E-state index in [0.29, 0.717) is 5.69 Å². The summed E-state index contributed by atoms with van der Waals surface area (Å²) in [7, 11) is 1.40. The van der Waals surface area contributed by atoms with E-state index in [9.17, 15) is 18.8 Å². The zero-order valence-electron chi connectivity index (χ0n) is 10.6. The lowest BCUT2D eigenvalue weighted by Crippen LogP contribution is -2.42. The molecule has 0 aromatic heterocycles. The van der Waals surface area contributed by atoms with Crippen molar-refractivity contribution in [2.45, 2.75) is 0 Å². The smallest absolute Gasteiger partial charge is 0.329 e. The molecule has 0 aliphatic rings. The Morgan fingerprint density at radius 1 is 1.25 bits per heavy atom. The maximum Gasteiger partial charge on any atom is 0.329 e. The van der Waals surface area contributed by atoms with Crippen LogP contribution in [0.5, 0.6) is 0 Å². The van der Waals surface area contributed by atoms with E-state index in [1.165, 1.54) is 31.3 Å². The maximum absolute atomic E-state index is 12.7. The van der Waals surface area contributed by atoms with Crippen molar-refractivity contribution in [2.75, 3.05) is 25.2 Å². The highest BCUT2D eigenvalue weighted by Gasteiger charge is 2.14. The van der Waals surface area contributed by atoms with Gasteiger partial charge in [-0.3, -0.25) is 15.0 Å². The quantitative estimate of drug-likeness (QED) is 0.825. The number of imide groups is 1. The van der Waals surface area contributed by atoms with E-state index in [4.69, 9.17) is 5.11 Å². The van der Waals surface area contributed by atoms with Gasteiger partial charge in [0.25, 0.3) is 5.91 Å². The average Bonchev–Trinajstić information content (AvgIpc) is 2.38. The average molecular weight is 284 g/mol. The molecule has 108 valence electrons. The summed E-state index contributed by atoms with van der Waals surface area (Å²) >= 11 is 0. The molecule has 20 heavy (non-hydrogen) atoms. The van der Waals surface area contributed by atoms with Gasteiger partial charge in [0, 0.05) is 12.7 Å². The van der Waals surface area contributed by atoms with Gasteiger partial charge in [-0.1, -0.05) is 0 Å². The highest BCUT2D eigenvalue weighted by atomic mass is 19.1. The summed E-state index contributed by atoms with van der Waals surface area (Å²) in [4.78, 5) is 34.2. The molecule has 0 saturated heterocycles. The monoisotopic (exact) mass is 284 g/mol. The van der Waals surface area contributed by atoms with E-state index in [2.05, 4.69) is 4.74 Å². The summed E-state index contributed by atoms with van der Waals surface area (Å²) in [6.07, 6.45) is 0. The molecule has 0 spiro atoms. The molecular weight excluding hydrogens is 271 g/mol. The van der Waals surface area contributed by atoms with Gasteiger partial charge in [-0.25, -0.2) is 14.0 Å². The number of nitrogens with zero attached hydrogens (tertiary/aromatic N) is 1. The molecule has 0 unspecified atom stereocenters. The van der Waals surface area contributed by atoms with Crippen LogP contribution in [0.25, 0.3) is 0 Å². The number of ether oxygens (including phenoxy) is 1. The van der Waals surface area contributed by atoms with E-state index in [0.717, 1.165) is 4.90 Å². The summed E-state index contributed by atoms with van der Waals surface area (Å²) < 4.78 is 17.3. The molecule has 1 rings (SSSR count). The third-order valence-electron chi connectivity index (χ3n) is 2.22. The fourth-order valence-electron chi connectivity index (χ4n) is 1.25. The number of anilines is 1. The van der Waals surface area contributed by atoms with Gasteiger partial charge in [0.15, 0.2) is 0 Å². The molecule has 0 bridgehead atoms. The van der Waals surface area contributed by atoms with Gasteiger partial charge >= 0.3 is 12.0 Å². The van der Waals surface area contributed by atoms with Gasteiger partial charge in [0.1, 0.15) is 19.0 Å². The molecule has 0 heterocycles. The molecular formula is C12H13FN2O5. The lowest BCUT2D eigenvalue weighted by atomic mass is 10.3. The van der Waals surface area contributed by atoms with Crippen LogP contribution in [0.15, 0.2) is 24.3 Å². The maximum atomic E-state index is 12.7. The molecule has 7 nitrogen and oxygen atoms in total. The molecule has 2 N–H and O–H groups in total. The summed E-state index contributed by atoms with van der Waals surface area (Å²) in [6.45, 7) is -1.18. The Morgan fingerprint density at radius 3 is 2.40 bits per heavy atom. The number of hydrogen-bond donors (Lipinski definition) is 2. The number of aliphatic carboxylic acids is 1. The second-order valence-corrected chi connectivity index (χ2v) is 3.78. The number of halogens is 1. The number of amides is 3. The molecule has 3 amide bonds. The van der Waals surface area contributed by atoms with E-state index >= 15 is 0 Å². The van der Waals surface area contributed by atoms with Gasteiger partial charge in [0.2, 0.25) is 0 Å². The molecule has 0 fully saturated rings. The lowest BCUT2D eigenvalue weighted by molar-refractivity contribution is -0.143. The fraction of sp³-hybridized carbons (Fsp3) is 0.250. The Labute approximate surface area is 113 Å². The molecule has 0 saturated carbocycles. The number of carboxylic acid groups (broad SMARTS) is 1. The van der Waals surface area contributed by atoms with E-state index in [1.807, 2.05) is 5.32 Å². The fourth-order valence-corrected chi connectivity index (χ4v) is 1.25. The van der Waals surface area contributed by atoms with Gasteiger partial charge in [0.05, 0.1) is 0 Å². The van der Waals surface area contributed by atoms with Crippen molar-refractivity contribution in [1.29, 1.82) is 0 Å². The SMILES string of the molecule is CN(C(=O)NC(=O)COCC(=O)O)c1ccc(F)cc1. The van der Waals surface area contributed by atoms with Crippen molar-refractivity contribution < 1.29 is 28.6 Å². The van der Waals surface area contributed by atoms with E-state index in [-0.39, 0.29) is 0 Å².